The van der Waals surface area contributed by atoms with Gasteiger partial charge in [-0.15, -0.1) is 11.8 Å². The van der Waals surface area contributed by atoms with Gasteiger partial charge in [-0.1, -0.05) is 25.0 Å². The normalized spacial score (nSPS) is 16.9. The van der Waals surface area contributed by atoms with Crippen molar-refractivity contribution in [2.75, 3.05) is 0 Å². The average Bonchev–Trinajstić information content (AvgIpc) is 2.74. The lowest BCUT2D eigenvalue weighted by molar-refractivity contribution is 0.112. The van der Waals surface area contributed by atoms with Gasteiger partial charge in [0.1, 0.15) is 5.82 Å². The summed E-state index contributed by atoms with van der Waals surface area (Å²) in [5.41, 5.74) is 0.479. The van der Waals surface area contributed by atoms with Crippen LogP contribution in [0.5, 0.6) is 0 Å². The molecular formula is C12H13FOS. The molecule has 0 spiro atoms. The van der Waals surface area contributed by atoms with Crippen molar-refractivity contribution in [1.29, 1.82) is 0 Å². The van der Waals surface area contributed by atoms with E-state index in [1.807, 2.05) is 0 Å². The number of hydrogen-bond donors (Lipinski definition) is 0. The van der Waals surface area contributed by atoms with Crippen LogP contribution in [0.1, 0.15) is 36.0 Å². The Kier molecular flexibility index (Phi) is 3.41. The van der Waals surface area contributed by atoms with Gasteiger partial charge in [-0.25, -0.2) is 4.39 Å². The zero-order valence-corrected chi connectivity index (χ0v) is 9.23. The largest absolute Gasteiger partial charge is 0.298 e. The number of carbonyl (C=O) groups excluding carboxylic acids is 1. The SMILES string of the molecule is O=Cc1cccc(F)c1SC1CCCC1. The van der Waals surface area contributed by atoms with Gasteiger partial charge in [-0.2, -0.15) is 0 Å². The molecule has 0 amide bonds. The molecule has 0 atom stereocenters. The Balaban J connectivity index is 2.21. The summed E-state index contributed by atoms with van der Waals surface area (Å²) in [6.45, 7) is 0. The topological polar surface area (TPSA) is 17.1 Å². The molecule has 1 aromatic rings. The molecule has 1 aliphatic carbocycles. The third-order valence-corrected chi connectivity index (χ3v) is 4.18. The summed E-state index contributed by atoms with van der Waals surface area (Å²) in [6.07, 6.45) is 5.46. The number of carbonyl (C=O) groups is 1. The lowest BCUT2D eigenvalue weighted by Gasteiger charge is -2.11. The third kappa shape index (κ3) is 2.40. The fourth-order valence-corrected chi connectivity index (χ4v) is 3.25. The number of benzene rings is 1. The second-order valence-electron chi connectivity index (χ2n) is 3.80. The molecule has 1 fully saturated rings. The number of halogens is 1. The van der Waals surface area contributed by atoms with Gasteiger partial charge in [0, 0.05) is 10.8 Å². The van der Waals surface area contributed by atoms with Crippen LogP contribution in [0.2, 0.25) is 0 Å². The molecule has 1 aromatic carbocycles. The van der Waals surface area contributed by atoms with Gasteiger partial charge in [0.25, 0.3) is 0 Å². The van der Waals surface area contributed by atoms with Gasteiger partial charge < -0.3 is 0 Å². The Morgan fingerprint density at radius 2 is 2.07 bits per heavy atom. The summed E-state index contributed by atoms with van der Waals surface area (Å²) in [5.74, 6) is -0.267. The van der Waals surface area contributed by atoms with Crippen molar-refractivity contribution in [2.24, 2.45) is 0 Å². The maximum absolute atomic E-state index is 13.5. The van der Waals surface area contributed by atoms with E-state index in [0.717, 1.165) is 19.1 Å². The Morgan fingerprint density at radius 1 is 1.33 bits per heavy atom. The van der Waals surface area contributed by atoms with Crippen molar-refractivity contribution in [2.45, 2.75) is 35.8 Å². The van der Waals surface area contributed by atoms with E-state index in [1.54, 1.807) is 12.1 Å². The molecule has 2 rings (SSSR count). The molecule has 1 saturated carbocycles. The van der Waals surface area contributed by atoms with Crippen LogP contribution in [0.15, 0.2) is 23.1 Å². The molecule has 3 heteroatoms. The smallest absolute Gasteiger partial charge is 0.151 e. The second-order valence-corrected chi connectivity index (χ2v) is 5.11. The molecule has 0 radical (unpaired) electrons. The van der Waals surface area contributed by atoms with Crippen molar-refractivity contribution >= 4 is 18.0 Å². The number of thioether (sulfide) groups is 1. The van der Waals surface area contributed by atoms with Crippen LogP contribution in [-0.2, 0) is 0 Å². The molecular weight excluding hydrogens is 211 g/mol. The zero-order chi connectivity index (χ0) is 10.7. The monoisotopic (exact) mass is 224 g/mol. The fourth-order valence-electron chi connectivity index (χ4n) is 1.92. The van der Waals surface area contributed by atoms with E-state index in [-0.39, 0.29) is 5.82 Å². The molecule has 1 aliphatic rings. The minimum absolute atomic E-state index is 0.267. The first-order valence-electron chi connectivity index (χ1n) is 5.21. The number of aldehydes is 1. The molecule has 0 saturated heterocycles. The van der Waals surface area contributed by atoms with Crippen LogP contribution < -0.4 is 0 Å². The number of hydrogen-bond acceptors (Lipinski definition) is 2. The van der Waals surface area contributed by atoms with Crippen LogP contribution in [0.4, 0.5) is 4.39 Å². The maximum Gasteiger partial charge on any atom is 0.151 e. The predicted molar refractivity (Wildman–Crippen MR) is 59.9 cm³/mol. The van der Waals surface area contributed by atoms with Crippen molar-refractivity contribution in [3.63, 3.8) is 0 Å². The van der Waals surface area contributed by atoms with Crippen LogP contribution >= 0.6 is 11.8 Å². The Morgan fingerprint density at radius 3 is 2.73 bits per heavy atom. The van der Waals surface area contributed by atoms with Crippen molar-refractivity contribution < 1.29 is 9.18 Å². The van der Waals surface area contributed by atoms with Crippen molar-refractivity contribution in [3.05, 3.63) is 29.6 Å². The Labute approximate surface area is 93.1 Å². The second kappa shape index (κ2) is 4.79. The Hall–Kier alpha value is -0.830. The predicted octanol–water partition coefficient (Wildman–Crippen LogP) is 3.67. The summed E-state index contributed by atoms with van der Waals surface area (Å²) >= 11 is 1.52. The molecule has 0 bridgehead atoms. The average molecular weight is 224 g/mol. The van der Waals surface area contributed by atoms with Gasteiger partial charge >= 0.3 is 0 Å². The number of rotatable bonds is 3. The standard InChI is InChI=1S/C12H13FOS/c13-11-7-3-4-9(8-14)12(11)15-10-5-1-2-6-10/h3-4,7-8,10H,1-2,5-6H2. The lowest BCUT2D eigenvalue weighted by Crippen LogP contribution is -1.98. The van der Waals surface area contributed by atoms with E-state index >= 15 is 0 Å². The van der Waals surface area contributed by atoms with Crippen LogP contribution in [0.25, 0.3) is 0 Å². The highest BCUT2D eigenvalue weighted by Gasteiger charge is 2.19. The highest BCUT2D eigenvalue weighted by Crippen LogP contribution is 2.37. The zero-order valence-electron chi connectivity index (χ0n) is 8.41. The van der Waals surface area contributed by atoms with Crippen LogP contribution in [0, 0.1) is 5.82 Å². The van der Waals surface area contributed by atoms with E-state index in [4.69, 9.17) is 0 Å². The first-order valence-corrected chi connectivity index (χ1v) is 6.09. The van der Waals surface area contributed by atoms with Gasteiger partial charge in [-0.05, 0) is 18.9 Å². The van der Waals surface area contributed by atoms with E-state index in [2.05, 4.69) is 0 Å². The van der Waals surface area contributed by atoms with Gasteiger partial charge in [0.2, 0.25) is 0 Å². The molecule has 0 aromatic heterocycles. The van der Waals surface area contributed by atoms with Crippen molar-refractivity contribution in [1.82, 2.24) is 0 Å². The van der Waals surface area contributed by atoms with Crippen LogP contribution in [0.3, 0.4) is 0 Å². The first-order chi connectivity index (χ1) is 7.31. The summed E-state index contributed by atoms with van der Waals surface area (Å²) < 4.78 is 13.5. The minimum Gasteiger partial charge on any atom is -0.298 e. The van der Waals surface area contributed by atoms with Crippen LogP contribution in [-0.4, -0.2) is 11.5 Å². The minimum atomic E-state index is -0.267. The molecule has 15 heavy (non-hydrogen) atoms. The van der Waals surface area contributed by atoms with E-state index in [9.17, 15) is 9.18 Å². The van der Waals surface area contributed by atoms with Gasteiger partial charge in [0.05, 0.1) is 4.90 Å². The van der Waals surface area contributed by atoms with E-state index in [0.29, 0.717) is 15.7 Å². The molecule has 0 heterocycles. The van der Waals surface area contributed by atoms with Crippen molar-refractivity contribution in [3.8, 4) is 0 Å². The molecule has 0 aliphatic heterocycles. The molecule has 80 valence electrons. The highest BCUT2D eigenvalue weighted by molar-refractivity contribution is 8.00. The summed E-state index contributed by atoms with van der Waals surface area (Å²) in [6, 6.07) is 4.68. The first kappa shape index (κ1) is 10.7. The van der Waals surface area contributed by atoms with E-state index in [1.165, 1.54) is 30.7 Å². The Bertz CT molecular complexity index is 359. The fraction of sp³-hybridized carbons (Fsp3) is 0.417. The van der Waals surface area contributed by atoms with E-state index < -0.39 is 0 Å². The lowest BCUT2D eigenvalue weighted by atomic mass is 10.2. The molecule has 0 unspecified atom stereocenters. The molecule has 1 nitrogen and oxygen atoms in total. The maximum atomic E-state index is 13.5. The summed E-state index contributed by atoms with van der Waals surface area (Å²) in [7, 11) is 0. The molecule has 0 N–H and O–H groups in total. The third-order valence-electron chi connectivity index (χ3n) is 2.71. The quantitative estimate of drug-likeness (QED) is 0.729. The van der Waals surface area contributed by atoms with Gasteiger partial charge in [-0.3, -0.25) is 4.79 Å². The van der Waals surface area contributed by atoms with Gasteiger partial charge in [0.15, 0.2) is 6.29 Å². The summed E-state index contributed by atoms with van der Waals surface area (Å²) in [4.78, 5) is 11.3. The summed E-state index contributed by atoms with van der Waals surface area (Å²) in [5, 5.41) is 0.487. The highest BCUT2D eigenvalue weighted by atomic mass is 32.2.